The molecular formula is C24H16N2O5. The number of benzene rings is 2. The number of pyridine rings is 1. The van der Waals surface area contributed by atoms with Crippen LogP contribution in [0.4, 0.5) is 0 Å². The summed E-state index contributed by atoms with van der Waals surface area (Å²) in [6.07, 6.45) is 3.10. The van der Waals surface area contributed by atoms with Gasteiger partial charge in [-0.2, -0.15) is 0 Å². The topological polar surface area (TPSA) is 98.6 Å². The number of phenolic OH excluding ortho intramolecular Hbond substituents is 1. The summed E-state index contributed by atoms with van der Waals surface area (Å²) in [4.78, 5) is 17.1. The van der Waals surface area contributed by atoms with Crippen molar-refractivity contribution in [3.63, 3.8) is 0 Å². The van der Waals surface area contributed by atoms with Gasteiger partial charge in [0.05, 0.1) is 10.9 Å². The normalized spacial score (nSPS) is 11.0. The molecule has 0 saturated heterocycles. The van der Waals surface area contributed by atoms with Crippen LogP contribution < -0.4 is 10.2 Å². The number of aromatic nitrogens is 2. The minimum atomic E-state index is -0.157. The number of nitrogens with zero attached hydrogens (tertiary/aromatic N) is 2. The van der Waals surface area contributed by atoms with Crippen molar-refractivity contribution >= 4 is 11.0 Å². The van der Waals surface area contributed by atoms with E-state index in [4.69, 9.17) is 13.7 Å². The van der Waals surface area contributed by atoms with E-state index in [1.807, 2.05) is 18.2 Å². The molecule has 1 N–H and O–H groups in total. The Kier molecular flexibility index (Phi) is 4.68. The number of aromatic hydroxyl groups is 1. The largest absolute Gasteiger partial charge is 0.508 e. The van der Waals surface area contributed by atoms with Crippen molar-refractivity contribution in [2.75, 3.05) is 0 Å². The molecule has 0 aliphatic heterocycles. The number of fused-ring (bicyclic) bond motifs is 1. The average molecular weight is 412 g/mol. The van der Waals surface area contributed by atoms with Crippen molar-refractivity contribution in [2.45, 2.75) is 6.61 Å². The van der Waals surface area contributed by atoms with Crippen molar-refractivity contribution in [1.29, 1.82) is 0 Å². The number of ether oxygens (including phenoxy) is 1. The highest BCUT2D eigenvalue weighted by Crippen LogP contribution is 2.25. The molecule has 3 aromatic heterocycles. The minimum absolute atomic E-state index is 0.134. The van der Waals surface area contributed by atoms with E-state index in [1.54, 1.807) is 42.6 Å². The van der Waals surface area contributed by atoms with Crippen LogP contribution in [0.1, 0.15) is 5.69 Å². The third-order valence-corrected chi connectivity index (χ3v) is 4.79. The molecule has 0 atom stereocenters. The van der Waals surface area contributed by atoms with Crippen LogP contribution in [0.2, 0.25) is 0 Å². The molecule has 0 radical (unpaired) electrons. The molecule has 0 aliphatic carbocycles. The summed E-state index contributed by atoms with van der Waals surface area (Å²) in [6, 6.07) is 18.7. The molecule has 2 aromatic carbocycles. The predicted octanol–water partition coefficient (Wildman–Crippen LogP) is 4.79. The SMILES string of the molecule is O=c1c(-c2ccc(O)cc2)coc2cc(OCc3cc(-c4ccccn4)on3)ccc12. The Labute approximate surface area is 176 Å². The van der Waals surface area contributed by atoms with Gasteiger partial charge in [-0.1, -0.05) is 23.4 Å². The second-order valence-corrected chi connectivity index (χ2v) is 6.87. The fraction of sp³-hybridized carbons (Fsp3) is 0.0417. The van der Waals surface area contributed by atoms with Crippen molar-refractivity contribution < 1.29 is 18.8 Å². The molecule has 0 spiro atoms. The Hall–Kier alpha value is -4.39. The lowest BCUT2D eigenvalue weighted by Crippen LogP contribution is -2.05. The van der Waals surface area contributed by atoms with Crippen molar-refractivity contribution in [2.24, 2.45) is 0 Å². The van der Waals surface area contributed by atoms with Gasteiger partial charge >= 0.3 is 0 Å². The maximum atomic E-state index is 12.9. The van der Waals surface area contributed by atoms with E-state index in [0.717, 1.165) is 0 Å². The summed E-state index contributed by atoms with van der Waals surface area (Å²) >= 11 is 0. The van der Waals surface area contributed by atoms with Crippen LogP contribution in [0.15, 0.2) is 92.9 Å². The lowest BCUT2D eigenvalue weighted by atomic mass is 10.1. The second kappa shape index (κ2) is 7.79. The lowest BCUT2D eigenvalue weighted by Gasteiger charge is -2.06. The fourth-order valence-electron chi connectivity index (χ4n) is 3.21. The first-order valence-electron chi connectivity index (χ1n) is 9.52. The third-order valence-electron chi connectivity index (χ3n) is 4.79. The van der Waals surface area contributed by atoms with Gasteiger partial charge in [-0.25, -0.2) is 0 Å². The fourth-order valence-corrected chi connectivity index (χ4v) is 3.21. The molecule has 0 fully saturated rings. The first-order valence-corrected chi connectivity index (χ1v) is 9.52. The van der Waals surface area contributed by atoms with Gasteiger partial charge in [0.25, 0.3) is 0 Å². The maximum absolute atomic E-state index is 12.9. The first-order chi connectivity index (χ1) is 15.2. The molecule has 152 valence electrons. The molecule has 0 amide bonds. The molecule has 0 saturated carbocycles. The summed E-state index contributed by atoms with van der Waals surface area (Å²) in [7, 11) is 0. The Bertz CT molecular complexity index is 1410. The van der Waals surface area contributed by atoms with Crippen LogP contribution in [-0.2, 0) is 6.61 Å². The zero-order valence-corrected chi connectivity index (χ0v) is 16.2. The number of hydrogen-bond acceptors (Lipinski definition) is 7. The highest BCUT2D eigenvalue weighted by molar-refractivity contribution is 5.82. The molecule has 3 heterocycles. The molecule has 5 aromatic rings. The number of hydrogen-bond donors (Lipinski definition) is 1. The van der Waals surface area contributed by atoms with Crippen LogP contribution in [0.3, 0.4) is 0 Å². The van der Waals surface area contributed by atoms with Gasteiger partial charge in [0.1, 0.15) is 41.3 Å². The van der Waals surface area contributed by atoms with Gasteiger partial charge in [0, 0.05) is 18.3 Å². The quantitative estimate of drug-likeness (QED) is 0.443. The highest BCUT2D eigenvalue weighted by atomic mass is 16.5. The zero-order valence-electron chi connectivity index (χ0n) is 16.2. The summed E-state index contributed by atoms with van der Waals surface area (Å²) in [5.74, 6) is 1.23. The monoisotopic (exact) mass is 412 g/mol. The summed E-state index contributed by atoms with van der Waals surface area (Å²) in [5.41, 5.74) is 2.66. The Morgan fingerprint density at radius 2 is 1.87 bits per heavy atom. The molecule has 0 aliphatic rings. The van der Waals surface area contributed by atoms with Crippen molar-refractivity contribution in [3.8, 4) is 34.1 Å². The number of rotatable bonds is 5. The van der Waals surface area contributed by atoms with Crippen molar-refractivity contribution in [3.05, 3.63) is 95.1 Å². The van der Waals surface area contributed by atoms with E-state index in [-0.39, 0.29) is 17.8 Å². The molecular weight excluding hydrogens is 396 g/mol. The molecule has 7 heteroatoms. The Morgan fingerprint density at radius 3 is 2.68 bits per heavy atom. The van der Waals surface area contributed by atoms with E-state index >= 15 is 0 Å². The molecule has 0 unspecified atom stereocenters. The van der Waals surface area contributed by atoms with E-state index in [2.05, 4.69) is 10.1 Å². The smallest absolute Gasteiger partial charge is 0.200 e. The summed E-state index contributed by atoms with van der Waals surface area (Å²) in [6.45, 7) is 0.192. The van der Waals surface area contributed by atoms with E-state index in [0.29, 0.717) is 45.0 Å². The third kappa shape index (κ3) is 3.76. The predicted molar refractivity (Wildman–Crippen MR) is 114 cm³/mol. The van der Waals surface area contributed by atoms with Gasteiger partial charge in [-0.15, -0.1) is 0 Å². The van der Waals surface area contributed by atoms with Crippen LogP contribution >= 0.6 is 0 Å². The Balaban J connectivity index is 1.36. The molecule has 31 heavy (non-hydrogen) atoms. The van der Waals surface area contributed by atoms with E-state index in [9.17, 15) is 9.90 Å². The zero-order chi connectivity index (χ0) is 21.2. The van der Waals surface area contributed by atoms with Gasteiger partial charge < -0.3 is 18.8 Å². The van der Waals surface area contributed by atoms with Gasteiger partial charge in [0.2, 0.25) is 0 Å². The minimum Gasteiger partial charge on any atom is -0.508 e. The van der Waals surface area contributed by atoms with Crippen LogP contribution in [0.25, 0.3) is 33.6 Å². The van der Waals surface area contributed by atoms with Crippen LogP contribution in [0, 0.1) is 0 Å². The highest BCUT2D eigenvalue weighted by Gasteiger charge is 2.12. The Morgan fingerprint density at radius 1 is 1.00 bits per heavy atom. The van der Waals surface area contributed by atoms with E-state index < -0.39 is 0 Å². The number of phenols is 1. The first kappa shape index (κ1) is 18.6. The van der Waals surface area contributed by atoms with Crippen molar-refractivity contribution in [1.82, 2.24) is 10.1 Å². The summed E-state index contributed by atoms with van der Waals surface area (Å²) in [5, 5.41) is 13.9. The lowest BCUT2D eigenvalue weighted by molar-refractivity contribution is 0.290. The van der Waals surface area contributed by atoms with E-state index in [1.165, 1.54) is 18.4 Å². The standard InChI is InChI=1S/C24H16N2O5/c27-17-6-4-15(5-7-17)20-14-30-22-12-18(8-9-19(22)24(20)28)29-13-16-11-23(31-26-16)21-3-1-2-10-25-21/h1-12,14,27H,13H2. The molecule has 7 nitrogen and oxygen atoms in total. The molecule has 5 rings (SSSR count). The summed E-state index contributed by atoms with van der Waals surface area (Å²) < 4.78 is 16.8. The molecule has 0 bridgehead atoms. The van der Waals surface area contributed by atoms with Crippen LogP contribution in [0.5, 0.6) is 11.5 Å². The van der Waals surface area contributed by atoms with Gasteiger partial charge in [0.15, 0.2) is 11.2 Å². The van der Waals surface area contributed by atoms with Crippen LogP contribution in [-0.4, -0.2) is 15.2 Å². The maximum Gasteiger partial charge on any atom is 0.200 e. The van der Waals surface area contributed by atoms with Gasteiger partial charge in [-0.3, -0.25) is 9.78 Å². The average Bonchev–Trinajstić information content (AvgIpc) is 3.28. The van der Waals surface area contributed by atoms with Gasteiger partial charge in [-0.05, 0) is 42.0 Å². The second-order valence-electron chi connectivity index (χ2n) is 6.87.